The highest BCUT2D eigenvalue weighted by atomic mass is 15.3. The molecular formula is C15H17N5. The minimum atomic E-state index is 0.315. The molecule has 0 saturated carbocycles. The molecule has 0 aromatic carbocycles. The van der Waals surface area contributed by atoms with Crippen LogP contribution in [0.25, 0.3) is 11.0 Å². The number of fused-ring (bicyclic) bond motifs is 1. The third-order valence-corrected chi connectivity index (χ3v) is 3.17. The summed E-state index contributed by atoms with van der Waals surface area (Å²) in [5, 5.41) is 8.79. The Hall–Kier alpha value is -2.43. The number of pyridine rings is 2. The highest BCUT2D eigenvalue weighted by Gasteiger charge is 2.07. The van der Waals surface area contributed by atoms with Gasteiger partial charge in [0.1, 0.15) is 0 Å². The molecule has 0 atom stereocenters. The fourth-order valence-corrected chi connectivity index (χ4v) is 2.12. The standard InChI is InChI=1S/C15H17N5/c1-11(2)20-15-13(9-19-20)7-14(10-18-15)17-8-12-3-5-16-6-4-12/h3-7,9-11,17H,8H2,1-2H3. The summed E-state index contributed by atoms with van der Waals surface area (Å²) in [6, 6.07) is 6.39. The first-order chi connectivity index (χ1) is 9.74. The zero-order valence-electron chi connectivity index (χ0n) is 11.6. The van der Waals surface area contributed by atoms with E-state index in [2.05, 4.69) is 40.3 Å². The lowest BCUT2D eigenvalue weighted by atomic mass is 10.2. The molecule has 0 unspecified atom stereocenters. The van der Waals surface area contributed by atoms with E-state index >= 15 is 0 Å². The first-order valence-electron chi connectivity index (χ1n) is 6.70. The number of nitrogens with zero attached hydrogens (tertiary/aromatic N) is 4. The van der Waals surface area contributed by atoms with Gasteiger partial charge in [0.2, 0.25) is 0 Å². The van der Waals surface area contributed by atoms with Gasteiger partial charge in [-0.1, -0.05) is 0 Å². The van der Waals surface area contributed by atoms with Crippen molar-refractivity contribution in [1.29, 1.82) is 0 Å². The van der Waals surface area contributed by atoms with Crippen LogP contribution in [0.3, 0.4) is 0 Å². The maximum absolute atomic E-state index is 4.50. The second-order valence-electron chi connectivity index (χ2n) is 5.03. The topological polar surface area (TPSA) is 55.6 Å². The summed E-state index contributed by atoms with van der Waals surface area (Å²) in [5.41, 5.74) is 3.12. The van der Waals surface area contributed by atoms with Crippen molar-refractivity contribution >= 4 is 16.7 Å². The molecule has 20 heavy (non-hydrogen) atoms. The minimum absolute atomic E-state index is 0.315. The maximum atomic E-state index is 4.50. The lowest BCUT2D eigenvalue weighted by Crippen LogP contribution is -2.04. The van der Waals surface area contributed by atoms with Gasteiger partial charge in [0.25, 0.3) is 0 Å². The van der Waals surface area contributed by atoms with Gasteiger partial charge in [-0.15, -0.1) is 0 Å². The average molecular weight is 267 g/mol. The zero-order chi connectivity index (χ0) is 13.9. The number of anilines is 1. The smallest absolute Gasteiger partial charge is 0.158 e. The van der Waals surface area contributed by atoms with Crippen molar-refractivity contribution in [1.82, 2.24) is 19.7 Å². The molecule has 0 aliphatic rings. The summed E-state index contributed by atoms with van der Waals surface area (Å²) < 4.78 is 1.93. The van der Waals surface area contributed by atoms with Crippen molar-refractivity contribution in [3.05, 3.63) is 48.5 Å². The summed E-state index contributed by atoms with van der Waals surface area (Å²) in [7, 11) is 0. The molecule has 3 aromatic rings. The number of hydrogen-bond acceptors (Lipinski definition) is 4. The van der Waals surface area contributed by atoms with Crippen LogP contribution in [0.4, 0.5) is 5.69 Å². The molecule has 102 valence electrons. The lowest BCUT2D eigenvalue weighted by molar-refractivity contribution is 0.546. The first-order valence-corrected chi connectivity index (χ1v) is 6.70. The van der Waals surface area contributed by atoms with Crippen LogP contribution in [-0.2, 0) is 6.54 Å². The third kappa shape index (κ3) is 2.47. The predicted octanol–water partition coefficient (Wildman–Crippen LogP) is 3.02. The molecule has 5 heteroatoms. The van der Waals surface area contributed by atoms with Crippen molar-refractivity contribution in [2.75, 3.05) is 5.32 Å². The van der Waals surface area contributed by atoms with E-state index in [4.69, 9.17) is 0 Å². The summed E-state index contributed by atoms with van der Waals surface area (Å²) >= 11 is 0. The predicted molar refractivity (Wildman–Crippen MR) is 79.5 cm³/mol. The number of rotatable bonds is 4. The van der Waals surface area contributed by atoms with Gasteiger partial charge in [-0.25, -0.2) is 9.67 Å². The van der Waals surface area contributed by atoms with Gasteiger partial charge in [-0.2, -0.15) is 5.10 Å². The van der Waals surface area contributed by atoms with E-state index in [0.717, 1.165) is 23.3 Å². The lowest BCUT2D eigenvalue weighted by Gasteiger charge is -2.08. The van der Waals surface area contributed by atoms with E-state index in [9.17, 15) is 0 Å². The fourth-order valence-electron chi connectivity index (χ4n) is 2.12. The van der Waals surface area contributed by atoms with Crippen molar-refractivity contribution in [3.63, 3.8) is 0 Å². The minimum Gasteiger partial charge on any atom is -0.380 e. The van der Waals surface area contributed by atoms with Crippen LogP contribution < -0.4 is 5.32 Å². The van der Waals surface area contributed by atoms with Gasteiger partial charge in [0.05, 0.1) is 18.1 Å². The van der Waals surface area contributed by atoms with Crippen LogP contribution in [0, 0.1) is 0 Å². The quantitative estimate of drug-likeness (QED) is 0.789. The average Bonchev–Trinajstić information content (AvgIpc) is 2.89. The Kier molecular flexibility index (Phi) is 3.33. The molecule has 0 amide bonds. The fraction of sp³-hybridized carbons (Fsp3) is 0.267. The molecule has 5 nitrogen and oxygen atoms in total. The van der Waals surface area contributed by atoms with Gasteiger partial charge < -0.3 is 5.32 Å². The second-order valence-corrected chi connectivity index (χ2v) is 5.03. The molecule has 0 radical (unpaired) electrons. The van der Waals surface area contributed by atoms with Crippen molar-refractivity contribution in [2.24, 2.45) is 0 Å². The molecule has 0 bridgehead atoms. The molecule has 0 fully saturated rings. The van der Waals surface area contributed by atoms with Crippen molar-refractivity contribution < 1.29 is 0 Å². The monoisotopic (exact) mass is 267 g/mol. The van der Waals surface area contributed by atoms with Crippen LogP contribution in [0.15, 0.2) is 43.0 Å². The Morgan fingerprint density at radius 1 is 1.20 bits per heavy atom. The van der Waals surface area contributed by atoms with Gasteiger partial charge >= 0.3 is 0 Å². The van der Waals surface area contributed by atoms with Crippen molar-refractivity contribution in [3.8, 4) is 0 Å². The van der Waals surface area contributed by atoms with Crippen LogP contribution >= 0.6 is 0 Å². The van der Waals surface area contributed by atoms with E-state index < -0.39 is 0 Å². The van der Waals surface area contributed by atoms with Gasteiger partial charge in [-0.05, 0) is 37.6 Å². The highest BCUT2D eigenvalue weighted by Crippen LogP contribution is 2.19. The highest BCUT2D eigenvalue weighted by molar-refractivity contribution is 5.78. The van der Waals surface area contributed by atoms with Crippen molar-refractivity contribution in [2.45, 2.75) is 26.4 Å². The molecule has 0 aliphatic heterocycles. The number of hydrogen-bond donors (Lipinski definition) is 1. The second kappa shape index (κ2) is 5.28. The Morgan fingerprint density at radius 3 is 2.75 bits per heavy atom. The van der Waals surface area contributed by atoms with E-state index in [1.165, 1.54) is 5.56 Å². The van der Waals surface area contributed by atoms with Gasteiger partial charge in [0, 0.05) is 30.4 Å². The molecular weight excluding hydrogens is 250 g/mol. The Morgan fingerprint density at radius 2 is 2.00 bits per heavy atom. The van der Waals surface area contributed by atoms with Gasteiger partial charge in [0.15, 0.2) is 5.65 Å². The van der Waals surface area contributed by atoms with Crippen LogP contribution in [0.1, 0.15) is 25.5 Å². The molecule has 1 N–H and O–H groups in total. The summed E-state index contributed by atoms with van der Waals surface area (Å²) in [4.78, 5) is 8.51. The maximum Gasteiger partial charge on any atom is 0.158 e. The summed E-state index contributed by atoms with van der Waals surface area (Å²) in [6.07, 6.45) is 7.31. The molecule has 3 aromatic heterocycles. The van der Waals surface area contributed by atoms with Gasteiger partial charge in [-0.3, -0.25) is 4.98 Å². The number of nitrogens with one attached hydrogen (secondary N) is 1. The largest absolute Gasteiger partial charge is 0.380 e. The molecule has 3 heterocycles. The van der Waals surface area contributed by atoms with Crippen LogP contribution in [0.5, 0.6) is 0 Å². The Balaban J connectivity index is 1.80. The SMILES string of the molecule is CC(C)n1ncc2cc(NCc3ccncc3)cnc21. The Labute approximate surface area is 117 Å². The Bertz CT molecular complexity index is 703. The summed E-state index contributed by atoms with van der Waals surface area (Å²) in [5.74, 6) is 0. The third-order valence-electron chi connectivity index (χ3n) is 3.17. The van der Waals surface area contributed by atoms with E-state index in [-0.39, 0.29) is 0 Å². The zero-order valence-corrected chi connectivity index (χ0v) is 11.6. The normalized spacial score (nSPS) is 11.2. The number of aromatic nitrogens is 4. The molecule has 3 rings (SSSR count). The summed E-state index contributed by atoms with van der Waals surface area (Å²) in [6.45, 7) is 4.96. The first kappa shape index (κ1) is 12.6. The van der Waals surface area contributed by atoms with E-state index in [0.29, 0.717) is 6.04 Å². The molecule has 0 aliphatic carbocycles. The molecule has 0 saturated heterocycles. The van der Waals surface area contributed by atoms with E-state index in [1.807, 2.05) is 29.2 Å². The van der Waals surface area contributed by atoms with Crippen LogP contribution in [-0.4, -0.2) is 19.7 Å². The van der Waals surface area contributed by atoms with Crippen LogP contribution in [0.2, 0.25) is 0 Å². The van der Waals surface area contributed by atoms with E-state index in [1.54, 1.807) is 12.4 Å². The molecule has 0 spiro atoms.